The van der Waals surface area contributed by atoms with E-state index in [0.29, 0.717) is 11.3 Å². The Morgan fingerprint density at radius 2 is 2.00 bits per heavy atom. The van der Waals surface area contributed by atoms with E-state index < -0.39 is 5.91 Å². The van der Waals surface area contributed by atoms with Gasteiger partial charge in [0, 0.05) is 10.9 Å². The van der Waals surface area contributed by atoms with Gasteiger partial charge in [0.1, 0.15) is 0 Å². The van der Waals surface area contributed by atoms with Crippen LogP contribution in [0.4, 0.5) is 0 Å². The van der Waals surface area contributed by atoms with Crippen LogP contribution in [0.15, 0.2) is 41.8 Å². The van der Waals surface area contributed by atoms with Gasteiger partial charge in [0.05, 0.1) is 6.42 Å². The number of carbonyl (C=O) groups is 1. The molecular formula is C8H10N2O2. The number of amides is 1. The molecule has 0 fully saturated rings. The van der Waals surface area contributed by atoms with Gasteiger partial charge in [0.25, 0.3) is 5.91 Å². The third-order valence-corrected chi connectivity index (χ3v) is 1.01. The molecule has 0 aromatic rings. The summed E-state index contributed by atoms with van der Waals surface area (Å²) in [6.07, 6.45) is 2.94. The summed E-state index contributed by atoms with van der Waals surface area (Å²) in [5, 5.41) is 2.22. The minimum Gasteiger partial charge on any atom is -0.399 e. The van der Waals surface area contributed by atoms with E-state index in [1.165, 1.54) is 12.2 Å². The second kappa shape index (κ2) is 5.01. The number of hydrogen-bond acceptors (Lipinski definition) is 3. The third-order valence-electron chi connectivity index (χ3n) is 1.01. The molecule has 0 aliphatic rings. The van der Waals surface area contributed by atoms with Crippen LogP contribution in [0.2, 0.25) is 0 Å². The van der Waals surface area contributed by atoms with Crippen molar-refractivity contribution in [2.24, 2.45) is 10.9 Å². The highest BCUT2D eigenvalue weighted by Gasteiger charge is 2.00. The lowest BCUT2D eigenvalue weighted by Crippen LogP contribution is -1.93. The number of hydrogen-bond donors (Lipinski definition) is 1. The van der Waals surface area contributed by atoms with Crippen molar-refractivity contribution >= 4 is 5.91 Å². The van der Waals surface area contributed by atoms with Crippen molar-refractivity contribution in [1.82, 2.24) is 0 Å². The molecule has 12 heavy (non-hydrogen) atoms. The lowest BCUT2D eigenvalue weighted by molar-refractivity contribution is -0.117. The minimum atomic E-state index is -0.743. The van der Waals surface area contributed by atoms with Crippen LogP contribution in [0, 0.1) is 4.91 Å². The first kappa shape index (κ1) is 10.3. The fourth-order valence-electron chi connectivity index (χ4n) is 0.510. The number of rotatable bonds is 4. The van der Waals surface area contributed by atoms with Crippen molar-refractivity contribution in [1.29, 1.82) is 0 Å². The van der Waals surface area contributed by atoms with Crippen molar-refractivity contribution in [3.05, 3.63) is 41.5 Å². The molecule has 0 aromatic heterocycles. The van der Waals surface area contributed by atoms with Crippen molar-refractivity contribution in [2.45, 2.75) is 6.42 Å². The molecule has 0 atom stereocenters. The van der Waals surface area contributed by atoms with E-state index in [2.05, 4.69) is 18.3 Å². The molecule has 0 aliphatic carbocycles. The molecule has 2 N–H and O–H groups in total. The Kier molecular flexibility index (Phi) is 4.30. The second-order valence-electron chi connectivity index (χ2n) is 2.23. The van der Waals surface area contributed by atoms with Crippen LogP contribution in [-0.2, 0) is 4.79 Å². The van der Waals surface area contributed by atoms with Gasteiger partial charge in [-0.05, 0) is 11.6 Å². The van der Waals surface area contributed by atoms with Crippen LogP contribution in [0.1, 0.15) is 6.42 Å². The molecule has 4 nitrogen and oxygen atoms in total. The average molecular weight is 166 g/mol. The van der Waals surface area contributed by atoms with E-state index in [1.54, 1.807) is 0 Å². The zero-order chi connectivity index (χ0) is 9.56. The van der Waals surface area contributed by atoms with Gasteiger partial charge in [-0.2, -0.15) is 0 Å². The normalized spacial score (nSPS) is 9.67. The average Bonchev–Trinajstić information content (AvgIpc) is 2.00. The molecule has 0 unspecified atom stereocenters. The molecule has 0 aromatic carbocycles. The summed E-state index contributed by atoms with van der Waals surface area (Å²) in [4.78, 5) is 20.1. The number of nitrogens with zero attached hydrogens (tertiary/aromatic N) is 1. The van der Waals surface area contributed by atoms with Crippen LogP contribution < -0.4 is 5.73 Å². The molecule has 0 saturated carbocycles. The molecule has 4 heteroatoms. The number of allylic oxidation sites excluding steroid dienone is 2. The quantitative estimate of drug-likeness (QED) is 0.504. The van der Waals surface area contributed by atoms with E-state index in [0.717, 1.165) is 0 Å². The molecule has 64 valence electrons. The lowest BCUT2D eigenvalue weighted by atomic mass is 10.2. The first-order chi connectivity index (χ1) is 5.56. The lowest BCUT2D eigenvalue weighted by Gasteiger charge is -1.92. The molecule has 0 rings (SSSR count). The summed E-state index contributed by atoms with van der Waals surface area (Å²) in [5.41, 5.74) is 6.05. The Hall–Kier alpha value is -1.71. The zero-order valence-electron chi connectivity index (χ0n) is 6.62. The maximum absolute atomic E-state index is 10.4. The van der Waals surface area contributed by atoms with Gasteiger partial charge < -0.3 is 5.73 Å². The summed E-state index contributed by atoms with van der Waals surface area (Å²) < 4.78 is 0. The molecular weight excluding hydrogens is 156 g/mol. The summed E-state index contributed by atoms with van der Waals surface area (Å²) in [6.45, 7) is 6.92. The van der Waals surface area contributed by atoms with Crippen molar-refractivity contribution in [3.8, 4) is 0 Å². The Morgan fingerprint density at radius 3 is 2.42 bits per heavy atom. The van der Waals surface area contributed by atoms with Crippen molar-refractivity contribution in [2.75, 3.05) is 0 Å². The summed E-state index contributed by atoms with van der Waals surface area (Å²) in [5.74, 6) is -0.743. The summed E-state index contributed by atoms with van der Waals surface area (Å²) in [6, 6.07) is 0. The van der Waals surface area contributed by atoms with Crippen LogP contribution >= 0.6 is 0 Å². The SMILES string of the molecule is C=C(N)/C=C\C(=C)CC(=O)N=O. The Labute approximate surface area is 70.4 Å². The monoisotopic (exact) mass is 166 g/mol. The zero-order valence-corrected chi connectivity index (χ0v) is 6.62. The third kappa shape index (κ3) is 5.10. The van der Waals surface area contributed by atoms with Crippen LogP contribution in [0.5, 0.6) is 0 Å². The fraction of sp³-hybridized carbons (Fsp3) is 0.125. The minimum absolute atomic E-state index is 0.0761. The second-order valence-corrected chi connectivity index (χ2v) is 2.23. The largest absolute Gasteiger partial charge is 0.399 e. The van der Waals surface area contributed by atoms with E-state index >= 15 is 0 Å². The van der Waals surface area contributed by atoms with E-state index in [4.69, 9.17) is 5.73 Å². The first-order valence-corrected chi connectivity index (χ1v) is 3.22. The van der Waals surface area contributed by atoms with Gasteiger partial charge in [-0.15, -0.1) is 4.91 Å². The highest BCUT2D eigenvalue weighted by atomic mass is 16.3. The predicted octanol–water partition coefficient (Wildman–Crippen LogP) is 1.25. The maximum atomic E-state index is 10.4. The fourth-order valence-corrected chi connectivity index (χ4v) is 0.510. The van der Waals surface area contributed by atoms with Gasteiger partial charge in [-0.1, -0.05) is 19.2 Å². The van der Waals surface area contributed by atoms with Crippen LogP contribution in [-0.4, -0.2) is 5.91 Å². The van der Waals surface area contributed by atoms with Gasteiger partial charge >= 0.3 is 0 Å². The van der Waals surface area contributed by atoms with Gasteiger partial charge in [-0.25, -0.2) is 0 Å². The van der Waals surface area contributed by atoms with Crippen LogP contribution in [0.3, 0.4) is 0 Å². The molecule has 0 spiro atoms. The standard InChI is InChI=1S/C8H10N2O2/c1-6(3-4-7(2)9)5-8(11)10-12/h3-4H,1-2,5,9H2/b4-3-. The van der Waals surface area contributed by atoms with E-state index in [-0.39, 0.29) is 6.42 Å². The van der Waals surface area contributed by atoms with Crippen LogP contribution in [0.25, 0.3) is 0 Å². The van der Waals surface area contributed by atoms with Gasteiger partial charge in [0.2, 0.25) is 0 Å². The topological polar surface area (TPSA) is 72.5 Å². The maximum Gasteiger partial charge on any atom is 0.290 e. The van der Waals surface area contributed by atoms with Crippen molar-refractivity contribution in [3.63, 3.8) is 0 Å². The number of nitrogens with two attached hydrogens (primary N) is 1. The van der Waals surface area contributed by atoms with Gasteiger partial charge in [-0.3, -0.25) is 4.79 Å². The molecule has 0 heterocycles. The molecule has 0 radical (unpaired) electrons. The highest BCUT2D eigenvalue weighted by Crippen LogP contribution is 2.02. The predicted molar refractivity (Wildman–Crippen MR) is 47.0 cm³/mol. The Balaban J connectivity index is 3.98. The van der Waals surface area contributed by atoms with Gasteiger partial charge in [0.15, 0.2) is 0 Å². The number of carbonyl (C=O) groups excluding carboxylic acids is 1. The number of nitroso groups, excluding NO2 is 1. The molecule has 0 aliphatic heterocycles. The Bertz CT molecular complexity index is 254. The smallest absolute Gasteiger partial charge is 0.290 e. The Morgan fingerprint density at radius 1 is 1.42 bits per heavy atom. The van der Waals surface area contributed by atoms with Crippen molar-refractivity contribution < 1.29 is 4.79 Å². The summed E-state index contributed by atoms with van der Waals surface area (Å²) >= 11 is 0. The summed E-state index contributed by atoms with van der Waals surface area (Å²) in [7, 11) is 0. The molecule has 0 bridgehead atoms. The highest BCUT2D eigenvalue weighted by molar-refractivity contribution is 5.79. The molecule has 0 saturated heterocycles. The van der Waals surface area contributed by atoms with E-state index in [1.807, 2.05) is 0 Å². The van der Waals surface area contributed by atoms with E-state index in [9.17, 15) is 9.70 Å². The molecule has 1 amide bonds. The first-order valence-electron chi connectivity index (χ1n) is 3.22.